The zero-order valence-corrected chi connectivity index (χ0v) is 15.8. The Balaban J connectivity index is 1.50. The number of aliphatic imine (C=N–C) groups is 1. The minimum absolute atomic E-state index is 0.537. The van der Waals surface area contributed by atoms with Crippen LogP contribution in [0.4, 0.5) is 0 Å². The third-order valence-corrected chi connectivity index (χ3v) is 5.18. The number of hydrogen-bond donors (Lipinski definition) is 3. The minimum Gasteiger partial charge on any atom is -0.354 e. The average Bonchev–Trinajstić information content (AvgIpc) is 3.22. The van der Waals surface area contributed by atoms with Crippen molar-refractivity contribution in [3.8, 4) is 11.4 Å². The van der Waals surface area contributed by atoms with Crippen molar-refractivity contribution >= 4 is 5.96 Å². The first-order chi connectivity index (χ1) is 12.8. The molecule has 1 aromatic carbocycles. The number of aromatic nitrogens is 3. The van der Waals surface area contributed by atoms with E-state index in [4.69, 9.17) is 0 Å². The summed E-state index contributed by atoms with van der Waals surface area (Å²) >= 11 is 0. The van der Waals surface area contributed by atoms with Gasteiger partial charge in [-0.1, -0.05) is 38.0 Å². The lowest BCUT2D eigenvalue weighted by atomic mass is 9.83. The van der Waals surface area contributed by atoms with Gasteiger partial charge >= 0.3 is 0 Å². The second-order valence-corrected chi connectivity index (χ2v) is 7.11. The lowest BCUT2D eigenvalue weighted by Crippen LogP contribution is -2.44. The smallest absolute Gasteiger partial charge is 0.191 e. The number of H-pyrrole nitrogens is 1. The largest absolute Gasteiger partial charge is 0.354 e. The lowest BCUT2D eigenvalue weighted by molar-refractivity contribution is 0.295. The number of nitrogens with one attached hydrogen (secondary N) is 3. The fraction of sp³-hybridized carbons (Fsp3) is 0.550. The lowest BCUT2D eigenvalue weighted by Gasteiger charge is -2.30. The van der Waals surface area contributed by atoms with E-state index in [0.717, 1.165) is 29.8 Å². The minimum atomic E-state index is 0.537. The van der Waals surface area contributed by atoms with E-state index in [0.29, 0.717) is 6.04 Å². The highest BCUT2D eigenvalue weighted by Gasteiger charge is 2.21. The molecule has 0 atom stereocenters. The molecule has 3 rings (SSSR count). The summed E-state index contributed by atoms with van der Waals surface area (Å²) in [6.07, 6.45) is 9.36. The molecule has 6 heteroatoms. The van der Waals surface area contributed by atoms with Crippen LogP contribution in [0, 0.1) is 5.92 Å². The SMILES string of the molecule is CCCC1CCC(NC(=NC)NCc2cccc(-c3ncn[nH]3)c2)CC1. The first-order valence-electron chi connectivity index (χ1n) is 9.70. The van der Waals surface area contributed by atoms with Crippen molar-refractivity contribution in [2.45, 2.75) is 58.0 Å². The second-order valence-electron chi connectivity index (χ2n) is 7.11. The van der Waals surface area contributed by atoms with Crippen LogP contribution in [0.1, 0.15) is 51.0 Å². The molecule has 2 aromatic rings. The van der Waals surface area contributed by atoms with Crippen molar-refractivity contribution in [3.63, 3.8) is 0 Å². The molecule has 0 saturated heterocycles. The van der Waals surface area contributed by atoms with Crippen molar-refractivity contribution in [3.05, 3.63) is 36.2 Å². The number of nitrogens with zero attached hydrogens (tertiary/aromatic N) is 3. The Kier molecular flexibility index (Phi) is 6.63. The van der Waals surface area contributed by atoms with E-state index in [1.54, 1.807) is 0 Å². The summed E-state index contributed by atoms with van der Waals surface area (Å²) in [5, 5.41) is 13.8. The summed E-state index contributed by atoms with van der Waals surface area (Å²) in [4.78, 5) is 8.60. The van der Waals surface area contributed by atoms with E-state index in [1.165, 1.54) is 50.4 Å². The number of aromatic amines is 1. The van der Waals surface area contributed by atoms with Gasteiger partial charge in [-0.15, -0.1) is 0 Å². The van der Waals surface area contributed by atoms with Gasteiger partial charge < -0.3 is 10.6 Å². The summed E-state index contributed by atoms with van der Waals surface area (Å²) in [6, 6.07) is 8.84. The van der Waals surface area contributed by atoms with Crippen molar-refractivity contribution in [2.75, 3.05) is 7.05 Å². The van der Waals surface area contributed by atoms with E-state index in [-0.39, 0.29) is 0 Å². The molecule has 1 aromatic heterocycles. The maximum absolute atomic E-state index is 4.39. The van der Waals surface area contributed by atoms with Crippen LogP contribution in [0.2, 0.25) is 0 Å². The molecule has 140 valence electrons. The zero-order chi connectivity index (χ0) is 18.2. The monoisotopic (exact) mass is 354 g/mol. The Hall–Kier alpha value is -2.37. The molecule has 0 bridgehead atoms. The highest BCUT2D eigenvalue weighted by Crippen LogP contribution is 2.27. The number of guanidine groups is 1. The number of hydrogen-bond acceptors (Lipinski definition) is 3. The van der Waals surface area contributed by atoms with Crippen LogP contribution in [0.5, 0.6) is 0 Å². The first-order valence-corrected chi connectivity index (χ1v) is 9.70. The third-order valence-electron chi connectivity index (χ3n) is 5.18. The van der Waals surface area contributed by atoms with E-state index >= 15 is 0 Å². The maximum Gasteiger partial charge on any atom is 0.191 e. The molecule has 1 heterocycles. The molecule has 0 amide bonds. The summed E-state index contributed by atoms with van der Waals surface area (Å²) in [7, 11) is 1.84. The molecule has 3 N–H and O–H groups in total. The van der Waals surface area contributed by atoms with Crippen molar-refractivity contribution in [1.82, 2.24) is 25.8 Å². The molecule has 26 heavy (non-hydrogen) atoms. The van der Waals surface area contributed by atoms with Gasteiger partial charge in [0.15, 0.2) is 11.8 Å². The standard InChI is InChI=1S/C20H30N6/c1-3-5-15-8-10-18(11-9-15)25-20(21-2)22-13-16-6-4-7-17(12-16)19-23-14-24-26-19/h4,6-7,12,14-15,18H,3,5,8-11,13H2,1-2H3,(H2,21,22,25)(H,23,24,26). The van der Waals surface area contributed by atoms with Crippen molar-refractivity contribution in [1.29, 1.82) is 0 Å². The van der Waals surface area contributed by atoms with Crippen molar-refractivity contribution in [2.24, 2.45) is 10.9 Å². The van der Waals surface area contributed by atoms with Gasteiger partial charge in [0, 0.05) is 25.2 Å². The highest BCUT2D eigenvalue weighted by molar-refractivity contribution is 5.80. The zero-order valence-electron chi connectivity index (χ0n) is 15.8. The Morgan fingerprint density at radius 1 is 1.27 bits per heavy atom. The predicted molar refractivity (Wildman–Crippen MR) is 106 cm³/mol. The molecule has 1 aliphatic carbocycles. The van der Waals surface area contributed by atoms with Crippen LogP contribution in [0.3, 0.4) is 0 Å². The molecule has 0 radical (unpaired) electrons. The van der Waals surface area contributed by atoms with E-state index in [9.17, 15) is 0 Å². The molecule has 0 unspecified atom stereocenters. The topological polar surface area (TPSA) is 78.0 Å². The van der Waals surface area contributed by atoms with E-state index in [1.807, 2.05) is 19.2 Å². The molecular weight excluding hydrogens is 324 g/mol. The summed E-state index contributed by atoms with van der Waals surface area (Å²) in [6.45, 7) is 3.01. The molecule has 1 fully saturated rings. The normalized spacial score (nSPS) is 20.8. The van der Waals surface area contributed by atoms with E-state index in [2.05, 4.69) is 49.9 Å². The molecule has 1 aliphatic rings. The van der Waals surface area contributed by atoms with Gasteiger partial charge in [0.1, 0.15) is 6.33 Å². The molecule has 0 spiro atoms. The van der Waals surface area contributed by atoms with Crippen LogP contribution >= 0.6 is 0 Å². The first kappa shape index (κ1) is 18.4. The fourth-order valence-corrected chi connectivity index (χ4v) is 3.75. The Labute approximate surface area is 155 Å². The highest BCUT2D eigenvalue weighted by atomic mass is 15.2. The summed E-state index contributed by atoms with van der Waals surface area (Å²) in [5.41, 5.74) is 2.23. The van der Waals surface area contributed by atoms with Gasteiger partial charge in [-0.2, -0.15) is 5.10 Å². The fourth-order valence-electron chi connectivity index (χ4n) is 3.75. The molecule has 1 saturated carbocycles. The molecule has 0 aliphatic heterocycles. The third kappa shape index (κ3) is 5.07. The van der Waals surface area contributed by atoms with Crippen LogP contribution in [-0.2, 0) is 6.54 Å². The average molecular weight is 355 g/mol. The van der Waals surface area contributed by atoms with Crippen LogP contribution in [0.25, 0.3) is 11.4 Å². The van der Waals surface area contributed by atoms with Crippen LogP contribution in [0.15, 0.2) is 35.6 Å². The van der Waals surface area contributed by atoms with Crippen LogP contribution in [-0.4, -0.2) is 34.2 Å². The molecular formula is C20H30N6. The van der Waals surface area contributed by atoms with E-state index < -0.39 is 0 Å². The number of benzene rings is 1. The Bertz CT molecular complexity index is 686. The molecule has 6 nitrogen and oxygen atoms in total. The quantitative estimate of drug-likeness (QED) is 0.548. The Morgan fingerprint density at radius 2 is 2.12 bits per heavy atom. The van der Waals surface area contributed by atoms with Gasteiger partial charge in [-0.3, -0.25) is 10.1 Å². The summed E-state index contributed by atoms with van der Waals surface area (Å²) in [5.74, 6) is 2.60. The van der Waals surface area contributed by atoms with Gasteiger partial charge in [0.05, 0.1) is 0 Å². The van der Waals surface area contributed by atoms with Crippen molar-refractivity contribution < 1.29 is 0 Å². The maximum atomic E-state index is 4.39. The van der Waals surface area contributed by atoms with Gasteiger partial charge in [0.2, 0.25) is 0 Å². The predicted octanol–water partition coefficient (Wildman–Crippen LogP) is 3.50. The Morgan fingerprint density at radius 3 is 2.81 bits per heavy atom. The summed E-state index contributed by atoms with van der Waals surface area (Å²) < 4.78 is 0. The van der Waals surface area contributed by atoms with Gasteiger partial charge in [0.25, 0.3) is 0 Å². The second kappa shape index (κ2) is 9.36. The van der Waals surface area contributed by atoms with Gasteiger partial charge in [-0.05, 0) is 43.2 Å². The van der Waals surface area contributed by atoms with Gasteiger partial charge in [-0.25, -0.2) is 4.98 Å². The number of rotatable bonds is 6. The van der Waals surface area contributed by atoms with Crippen LogP contribution < -0.4 is 10.6 Å².